The first-order valence-corrected chi connectivity index (χ1v) is 7.57. The minimum absolute atomic E-state index is 0.0656. The SMILES string of the molecule is Cc1cccc(OCC(=O)Nc2cnc(-c3ccccc3)nc2)c1. The number of amides is 1. The zero-order valence-corrected chi connectivity index (χ0v) is 13.3. The summed E-state index contributed by atoms with van der Waals surface area (Å²) in [7, 11) is 0. The normalized spacial score (nSPS) is 10.2. The Hall–Kier alpha value is -3.21. The third-order valence-electron chi connectivity index (χ3n) is 3.33. The summed E-state index contributed by atoms with van der Waals surface area (Å²) in [5.41, 5.74) is 2.54. The van der Waals surface area contributed by atoms with Crippen LogP contribution in [0, 0.1) is 6.92 Å². The predicted octanol–water partition coefficient (Wildman–Crippen LogP) is 3.47. The van der Waals surface area contributed by atoms with Crippen LogP contribution in [0.3, 0.4) is 0 Å². The van der Waals surface area contributed by atoms with Crippen LogP contribution in [-0.2, 0) is 4.79 Å². The van der Waals surface area contributed by atoms with Crippen LogP contribution < -0.4 is 10.1 Å². The largest absolute Gasteiger partial charge is 0.484 e. The fourth-order valence-electron chi connectivity index (χ4n) is 2.18. The molecule has 5 heteroatoms. The number of rotatable bonds is 5. The lowest BCUT2D eigenvalue weighted by Crippen LogP contribution is -2.20. The van der Waals surface area contributed by atoms with Gasteiger partial charge in [0.2, 0.25) is 0 Å². The first kappa shape index (κ1) is 15.7. The number of aryl methyl sites for hydroxylation is 1. The van der Waals surface area contributed by atoms with Gasteiger partial charge in [0.25, 0.3) is 5.91 Å². The quantitative estimate of drug-likeness (QED) is 0.782. The molecule has 0 radical (unpaired) electrons. The van der Waals surface area contributed by atoms with E-state index in [-0.39, 0.29) is 12.5 Å². The molecule has 0 fully saturated rings. The van der Waals surface area contributed by atoms with E-state index < -0.39 is 0 Å². The van der Waals surface area contributed by atoms with Crippen molar-refractivity contribution < 1.29 is 9.53 Å². The van der Waals surface area contributed by atoms with E-state index in [9.17, 15) is 4.79 Å². The van der Waals surface area contributed by atoms with Gasteiger partial charge in [-0.3, -0.25) is 4.79 Å². The Kier molecular flexibility index (Phi) is 4.81. The van der Waals surface area contributed by atoms with Gasteiger partial charge in [-0.2, -0.15) is 0 Å². The highest BCUT2D eigenvalue weighted by molar-refractivity contribution is 5.91. The van der Waals surface area contributed by atoms with Crippen LogP contribution in [0.4, 0.5) is 5.69 Å². The van der Waals surface area contributed by atoms with Crippen LogP contribution in [-0.4, -0.2) is 22.5 Å². The van der Waals surface area contributed by atoms with Gasteiger partial charge in [0.15, 0.2) is 12.4 Å². The average molecular weight is 319 g/mol. The van der Waals surface area contributed by atoms with Gasteiger partial charge in [0, 0.05) is 5.56 Å². The average Bonchev–Trinajstić information content (AvgIpc) is 2.61. The number of aromatic nitrogens is 2. The van der Waals surface area contributed by atoms with E-state index in [0.29, 0.717) is 17.3 Å². The zero-order valence-electron chi connectivity index (χ0n) is 13.3. The highest BCUT2D eigenvalue weighted by atomic mass is 16.5. The molecule has 0 aliphatic heterocycles. The second-order valence-electron chi connectivity index (χ2n) is 5.31. The van der Waals surface area contributed by atoms with E-state index in [1.807, 2.05) is 61.5 Å². The van der Waals surface area contributed by atoms with E-state index in [2.05, 4.69) is 15.3 Å². The van der Waals surface area contributed by atoms with Crippen LogP contribution >= 0.6 is 0 Å². The fourth-order valence-corrected chi connectivity index (χ4v) is 2.18. The molecule has 0 aliphatic rings. The maximum Gasteiger partial charge on any atom is 0.262 e. The summed E-state index contributed by atoms with van der Waals surface area (Å²) in [6.45, 7) is 1.91. The minimum atomic E-state index is -0.257. The number of benzene rings is 2. The van der Waals surface area contributed by atoms with Crippen LogP contribution in [0.25, 0.3) is 11.4 Å². The molecule has 1 heterocycles. The molecule has 1 N–H and O–H groups in total. The number of carbonyl (C=O) groups excluding carboxylic acids is 1. The number of hydrogen-bond donors (Lipinski definition) is 1. The Morgan fingerprint density at radius 3 is 2.50 bits per heavy atom. The van der Waals surface area contributed by atoms with E-state index in [1.54, 1.807) is 12.4 Å². The zero-order chi connectivity index (χ0) is 16.8. The highest BCUT2D eigenvalue weighted by Gasteiger charge is 2.06. The van der Waals surface area contributed by atoms with Gasteiger partial charge in [-0.05, 0) is 24.6 Å². The van der Waals surface area contributed by atoms with Gasteiger partial charge in [-0.1, -0.05) is 42.5 Å². The van der Waals surface area contributed by atoms with E-state index in [1.165, 1.54) is 0 Å². The predicted molar refractivity (Wildman–Crippen MR) is 92.8 cm³/mol. The molecule has 24 heavy (non-hydrogen) atoms. The van der Waals surface area contributed by atoms with Crippen LogP contribution in [0.2, 0.25) is 0 Å². The number of ether oxygens (including phenoxy) is 1. The molecule has 0 saturated heterocycles. The molecule has 0 spiro atoms. The molecule has 2 aromatic carbocycles. The molecule has 0 unspecified atom stereocenters. The molecule has 3 rings (SSSR count). The van der Waals surface area contributed by atoms with Gasteiger partial charge >= 0.3 is 0 Å². The van der Waals surface area contributed by atoms with Crippen molar-refractivity contribution >= 4 is 11.6 Å². The van der Waals surface area contributed by atoms with Crippen molar-refractivity contribution in [3.63, 3.8) is 0 Å². The van der Waals surface area contributed by atoms with Gasteiger partial charge in [-0.25, -0.2) is 9.97 Å². The van der Waals surface area contributed by atoms with Crippen molar-refractivity contribution in [2.75, 3.05) is 11.9 Å². The second kappa shape index (κ2) is 7.37. The molecule has 0 atom stereocenters. The molecule has 0 saturated carbocycles. The molecule has 1 amide bonds. The molecular weight excluding hydrogens is 302 g/mol. The van der Waals surface area contributed by atoms with E-state index in [0.717, 1.165) is 11.1 Å². The van der Waals surface area contributed by atoms with Gasteiger partial charge < -0.3 is 10.1 Å². The summed E-state index contributed by atoms with van der Waals surface area (Å²) < 4.78 is 5.46. The standard InChI is InChI=1S/C19H17N3O2/c1-14-6-5-9-17(10-14)24-13-18(23)22-16-11-20-19(21-12-16)15-7-3-2-4-8-15/h2-12H,13H2,1H3,(H,22,23). The van der Waals surface area contributed by atoms with E-state index in [4.69, 9.17) is 4.74 Å². The first-order chi connectivity index (χ1) is 11.7. The van der Waals surface area contributed by atoms with Crippen molar-refractivity contribution in [3.8, 4) is 17.1 Å². The van der Waals surface area contributed by atoms with Crippen molar-refractivity contribution in [2.45, 2.75) is 6.92 Å². The Morgan fingerprint density at radius 2 is 1.79 bits per heavy atom. The molecule has 0 aliphatic carbocycles. The lowest BCUT2D eigenvalue weighted by atomic mass is 10.2. The molecular formula is C19H17N3O2. The number of anilines is 1. The lowest BCUT2D eigenvalue weighted by molar-refractivity contribution is -0.118. The van der Waals surface area contributed by atoms with Crippen LogP contribution in [0.15, 0.2) is 67.0 Å². The summed E-state index contributed by atoms with van der Waals surface area (Å²) in [6.07, 6.45) is 3.17. The fraction of sp³-hybridized carbons (Fsp3) is 0.105. The topological polar surface area (TPSA) is 64.1 Å². The van der Waals surface area contributed by atoms with Crippen molar-refractivity contribution in [3.05, 3.63) is 72.6 Å². The highest BCUT2D eigenvalue weighted by Crippen LogP contribution is 2.15. The molecule has 1 aromatic heterocycles. The van der Waals surface area contributed by atoms with Crippen molar-refractivity contribution in [2.24, 2.45) is 0 Å². The van der Waals surface area contributed by atoms with Crippen LogP contribution in [0.5, 0.6) is 5.75 Å². The summed E-state index contributed by atoms with van der Waals surface area (Å²) >= 11 is 0. The molecule has 120 valence electrons. The smallest absolute Gasteiger partial charge is 0.262 e. The molecule has 5 nitrogen and oxygen atoms in total. The Bertz CT molecular complexity index is 818. The molecule has 0 bridgehead atoms. The van der Waals surface area contributed by atoms with E-state index >= 15 is 0 Å². The maximum absolute atomic E-state index is 11.9. The number of carbonyl (C=O) groups is 1. The summed E-state index contributed by atoms with van der Waals surface area (Å²) in [5, 5.41) is 2.72. The van der Waals surface area contributed by atoms with Crippen molar-refractivity contribution in [1.82, 2.24) is 9.97 Å². The third kappa shape index (κ3) is 4.16. The third-order valence-corrected chi connectivity index (χ3v) is 3.33. The Balaban J connectivity index is 1.57. The van der Waals surface area contributed by atoms with Gasteiger partial charge in [-0.15, -0.1) is 0 Å². The minimum Gasteiger partial charge on any atom is -0.484 e. The Labute approximate surface area is 140 Å². The van der Waals surface area contributed by atoms with Gasteiger partial charge in [0.1, 0.15) is 5.75 Å². The summed E-state index contributed by atoms with van der Waals surface area (Å²) in [4.78, 5) is 20.5. The number of hydrogen-bond acceptors (Lipinski definition) is 4. The van der Waals surface area contributed by atoms with Crippen LogP contribution in [0.1, 0.15) is 5.56 Å². The number of nitrogens with zero attached hydrogens (tertiary/aromatic N) is 2. The second-order valence-corrected chi connectivity index (χ2v) is 5.31. The Morgan fingerprint density at radius 1 is 1.04 bits per heavy atom. The summed E-state index contributed by atoms with van der Waals surface area (Å²) in [6, 6.07) is 17.2. The van der Waals surface area contributed by atoms with Gasteiger partial charge in [0.05, 0.1) is 18.1 Å². The first-order valence-electron chi connectivity index (χ1n) is 7.57. The monoisotopic (exact) mass is 319 g/mol. The summed E-state index contributed by atoms with van der Waals surface area (Å²) in [5.74, 6) is 1.03. The maximum atomic E-state index is 11.9. The lowest BCUT2D eigenvalue weighted by Gasteiger charge is -2.08. The van der Waals surface area contributed by atoms with Crippen molar-refractivity contribution in [1.29, 1.82) is 0 Å². The molecule has 3 aromatic rings. The number of nitrogens with one attached hydrogen (secondary N) is 1.